The van der Waals surface area contributed by atoms with Crippen molar-refractivity contribution in [1.82, 2.24) is 4.90 Å². The van der Waals surface area contributed by atoms with E-state index in [1.807, 2.05) is 35.7 Å². The largest absolute Gasteiger partial charge is 0.312 e. The summed E-state index contributed by atoms with van der Waals surface area (Å²) in [5, 5.41) is 0. The Morgan fingerprint density at radius 1 is 1.14 bits per heavy atom. The highest BCUT2D eigenvalue weighted by atomic mass is 15.3. The minimum Gasteiger partial charge on any atom is -0.312 e. The van der Waals surface area contributed by atoms with Crippen molar-refractivity contribution in [3.05, 3.63) is 35.6 Å². The molecule has 0 unspecified atom stereocenters. The Labute approximate surface area is 82.1 Å². The van der Waals surface area contributed by atoms with Crippen LogP contribution in [0.1, 0.15) is 5.56 Å². The molecule has 2 heterocycles. The van der Waals surface area contributed by atoms with Crippen LogP contribution in [0.5, 0.6) is 0 Å². The standard InChI is InChI=1S/C11H9N3/c1-2-4-10-9(3-1)7-11-12-5-6-14(11)8-13-10/h1-5,7-8H,6H2. The van der Waals surface area contributed by atoms with Crippen molar-refractivity contribution in [3.8, 4) is 0 Å². The summed E-state index contributed by atoms with van der Waals surface area (Å²) in [5.74, 6) is 0.971. The molecular weight excluding hydrogens is 174 g/mol. The van der Waals surface area contributed by atoms with Gasteiger partial charge in [0.15, 0.2) is 0 Å². The summed E-state index contributed by atoms with van der Waals surface area (Å²) in [4.78, 5) is 10.7. The Balaban J connectivity index is 2.19. The highest BCUT2D eigenvalue weighted by Crippen LogP contribution is 2.26. The molecule has 1 aromatic rings. The third-order valence-electron chi connectivity index (χ3n) is 2.35. The Hall–Kier alpha value is -1.90. The second kappa shape index (κ2) is 2.80. The van der Waals surface area contributed by atoms with E-state index < -0.39 is 0 Å². The molecule has 0 saturated heterocycles. The van der Waals surface area contributed by atoms with Crippen molar-refractivity contribution in [2.24, 2.45) is 9.98 Å². The number of aliphatic imine (C=N–C) groups is 2. The smallest absolute Gasteiger partial charge is 0.134 e. The van der Waals surface area contributed by atoms with Crippen LogP contribution in [0, 0.1) is 0 Å². The van der Waals surface area contributed by atoms with Gasteiger partial charge < -0.3 is 4.90 Å². The van der Waals surface area contributed by atoms with E-state index in [1.54, 1.807) is 0 Å². The molecule has 14 heavy (non-hydrogen) atoms. The monoisotopic (exact) mass is 183 g/mol. The van der Waals surface area contributed by atoms with Crippen LogP contribution in [0.25, 0.3) is 6.08 Å². The summed E-state index contributed by atoms with van der Waals surface area (Å²) in [6.07, 6.45) is 5.79. The summed E-state index contributed by atoms with van der Waals surface area (Å²) in [6, 6.07) is 8.07. The molecule has 3 nitrogen and oxygen atoms in total. The lowest BCUT2D eigenvalue weighted by atomic mass is 10.2. The fraction of sp³-hybridized carbons (Fsp3) is 0.0909. The molecule has 0 saturated carbocycles. The summed E-state index contributed by atoms with van der Waals surface area (Å²) in [6.45, 7) is 0.823. The zero-order valence-electron chi connectivity index (χ0n) is 7.59. The van der Waals surface area contributed by atoms with Crippen LogP contribution in [-0.2, 0) is 0 Å². The fourth-order valence-electron chi connectivity index (χ4n) is 1.61. The van der Waals surface area contributed by atoms with Gasteiger partial charge in [-0.15, -0.1) is 0 Å². The number of hydrogen-bond acceptors (Lipinski definition) is 3. The first-order valence-corrected chi connectivity index (χ1v) is 4.57. The van der Waals surface area contributed by atoms with Crippen LogP contribution < -0.4 is 0 Å². The van der Waals surface area contributed by atoms with E-state index in [1.165, 1.54) is 0 Å². The minimum atomic E-state index is 0.823. The summed E-state index contributed by atoms with van der Waals surface area (Å²) >= 11 is 0. The number of fused-ring (bicyclic) bond motifs is 2. The SMILES string of the molecule is C1=NC2=Cc3ccccc3N=CN2C1. The number of para-hydroxylation sites is 1. The molecule has 3 heteroatoms. The van der Waals surface area contributed by atoms with Crippen LogP contribution in [0.15, 0.2) is 40.1 Å². The zero-order chi connectivity index (χ0) is 9.38. The molecule has 0 atom stereocenters. The first-order valence-electron chi connectivity index (χ1n) is 4.57. The predicted octanol–water partition coefficient (Wildman–Crippen LogP) is 2.04. The molecule has 3 rings (SSSR count). The lowest BCUT2D eigenvalue weighted by molar-refractivity contribution is 0.636. The van der Waals surface area contributed by atoms with Gasteiger partial charge >= 0.3 is 0 Å². The quantitative estimate of drug-likeness (QED) is 0.605. The highest BCUT2D eigenvalue weighted by Gasteiger charge is 2.14. The van der Waals surface area contributed by atoms with E-state index >= 15 is 0 Å². The summed E-state index contributed by atoms with van der Waals surface area (Å²) < 4.78 is 0. The van der Waals surface area contributed by atoms with Crippen LogP contribution in [0.3, 0.4) is 0 Å². The number of nitrogens with zero attached hydrogens (tertiary/aromatic N) is 3. The molecule has 2 aliphatic heterocycles. The molecule has 1 aromatic carbocycles. The molecular formula is C11H9N3. The summed E-state index contributed by atoms with van der Waals surface area (Å²) in [7, 11) is 0. The molecule has 0 amide bonds. The molecule has 0 aromatic heterocycles. The maximum absolute atomic E-state index is 4.40. The van der Waals surface area contributed by atoms with Crippen LogP contribution in [0.2, 0.25) is 0 Å². The van der Waals surface area contributed by atoms with Crippen molar-refractivity contribution in [1.29, 1.82) is 0 Å². The lowest BCUT2D eigenvalue weighted by Gasteiger charge is -2.08. The second-order valence-corrected chi connectivity index (χ2v) is 3.27. The minimum absolute atomic E-state index is 0.823. The molecule has 68 valence electrons. The maximum atomic E-state index is 4.40. The average molecular weight is 183 g/mol. The van der Waals surface area contributed by atoms with Gasteiger partial charge in [-0.05, 0) is 12.1 Å². The van der Waals surface area contributed by atoms with Crippen molar-refractivity contribution in [3.63, 3.8) is 0 Å². The molecule has 0 radical (unpaired) electrons. The van der Waals surface area contributed by atoms with Gasteiger partial charge in [0.1, 0.15) is 5.82 Å². The van der Waals surface area contributed by atoms with Gasteiger partial charge in [0.25, 0.3) is 0 Å². The number of benzene rings is 1. The van der Waals surface area contributed by atoms with Gasteiger partial charge in [-0.25, -0.2) is 9.98 Å². The van der Waals surface area contributed by atoms with Crippen molar-refractivity contribution >= 4 is 24.3 Å². The van der Waals surface area contributed by atoms with Crippen LogP contribution in [-0.4, -0.2) is 24.0 Å². The first kappa shape index (κ1) is 7.50. The maximum Gasteiger partial charge on any atom is 0.134 e. The van der Waals surface area contributed by atoms with Crippen LogP contribution >= 0.6 is 0 Å². The van der Waals surface area contributed by atoms with E-state index in [2.05, 4.69) is 22.1 Å². The number of rotatable bonds is 0. The fourth-order valence-corrected chi connectivity index (χ4v) is 1.61. The molecule has 0 N–H and O–H groups in total. The second-order valence-electron chi connectivity index (χ2n) is 3.27. The van der Waals surface area contributed by atoms with E-state index in [-0.39, 0.29) is 0 Å². The normalized spacial score (nSPS) is 17.4. The number of hydrogen-bond donors (Lipinski definition) is 0. The lowest BCUT2D eigenvalue weighted by Crippen LogP contribution is -2.15. The predicted molar refractivity (Wildman–Crippen MR) is 57.8 cm³/mol. The van der Waals surface area contributed by atoms with E-state index in [4.69, 9.17) is 0 Å². The van der Waals surface area contributed by atoms with Gasteiger partial charge in [0.05, 0.1) is 18.6 Å². The van der Waals surface area contributed by atoms with E-state index in [0.717, 1.165) is 23.6 Å². The van der Waals surface area contributed by atoms with Crippen molar-refractivity contribution in [2.75, 3.05) is 6.54 Å². The Morgan fingerprint density at radius 3 is 3.07 bits per heavy atom. The van der Waals surface area contributed by atoms with Gasteiger partial charge in [0.2, 0.25) is 0 Å². The Kier molecular flexibility index (Phi) is 1.50. The molecule has 0 bridgehead atoms. The third kappa shape index (κ3) is 1.06. The Morgan fingerprint density at radius 2 is 2.07 bits per heavy atom. The zero-order valence-corrected chi connectivity index (χ0v) is 7.59. The van der Waals surface area contributed by atoms with E-state index in [9.17, 15) is 0 Å². The van der Waals surface area contributed by atoms with Crippen LogP contribution in [0.4, 0.5) is 5.69 Å². The topological polar surface area (TPSA) is 28.0 Å². The van der Waals surface area contributed by atoms with E-state index in [0.29, 0.717) is 0 Å². The van der Waals surface area contributed by atoms with Gasteiger partial charge in [-0.3, -0.25) is 0 Å². The highest BCUT2D eigenvalue weighted by molar-refractivity contribution is 5.82. The van der Waals surface area contributed by atoms with Crippen molar-refractivity contribution < 1.29 is 0 Å². The van der Waals surface area contributed by atoms with Gasteiger partial charge in [0, 0.05) is 11.8 Å². The first-order chi connectivity index (χ1) is 6.93. The Bertz CT molecular complexity index is 457. The molecule has 0 aliphatic carbocycles. The average Bonchev–Trinajstić information content (AvgIpc) is 2.58. The molecule has 2 aliphatic rings. The van der Waals surface area contributed by atoms with Gasteiger partial charge in [-0.1, -0.05) is 18.2 Å². The molecule has 0 fully saturated rings. The summed E-state index contributed by atoms with van der Waals surface area (Å²) in [5.41, 5.74) is 2.13. The third-order valence-corrected chi connectivity index (χ3v) is 2.35. The van der Waals surface area contributed by atoms with Crippen molar-refractivity contribution in [2.45, 2.75) is 0 Å². The molecule has 0 spiro atoms. The van der Waals surface area contributed by atoms with Gasteiger partial charge in [-0.2, -0.15) is 0 Å².